The number of rotatable bonds is 5. The van der Waals surface area contributed by atoms with Crippen LogP contribution in [0, 0.1) is 13.8 Å². The normalized spacial score (nSPS) is 11.9. The zero-order chi connectivity index (χ0) is 16.9. The van der Waals surface area contributed by atoms with Crippen molar-refractivity contribution >= 4 is 11.6 Å². The zero-order valence-corrected chi connectivity index (χ0v) is 13.7. The molecule has 0 bridgehead atoms. The van der Waals surface area contributed by atoms with E-state index in [0.29, 0.717) is 11.8 Å². The van der Waals surface area contributed by atoms with E-state index < -0.39 is 0 Å². The summed E-state index contributed by atoms with van der Waals surface area (Å²) in [5.74, 6) is 0.592. The molecule has 1 aromatic heterocycles. The van der Waals surface area contributed by atoms with Crippen molar-refractivity contribution in [3.05, 3.63) is 77.5 Å². The van der Waals surface area contributed by atoms with Crippen molar-refractivity contribution in [1.82, 2.24) is 10.2 Å². The molecule has 0 aliphatic rings. The Morgan fingerprint density at radius 2 is 1.75 bits per heavy atom. The molecule has 1 unspecified atom stereocenters. The third-order valence-electron chi connectivity index (χ3n) is 3.85. The van der Waals surface area contributed by atoms with Crippen LogP contribution in [0.15, 0.2) is 59.0 Å². The highest BCUT2D eigenvalue weighted by Gasteiger charge is 2.23. The molecule has 0 spiro atoms. The predicted octanol–water partition coefficient (Wildman–Crippen LogP) is 3.85. The first-order valence-corrected chi connectivity index (χ1v) is 7.84. The van der Waals surface area contributed by atoms with Crippen LogP contribution in [0.25, 0.3) is 0 Å². The number of nitrogens with zero attached hydrogens (tertiary/aromatic N) is 2. The first-order valence-electron chi connectivity index (χ1n) is 7.84. The largest absolute Gasteiger partial charge is 0.425 e. The number of aryl methyl sites for hydroxylation is 2. The fourth-order valence-electron chi connectivity index (χ4n) is 2.59. The SMILES string of the molecule is Cc1nnc(C(CC(=O)Nc2ccccc2C)c2ccccc2)o1. The van der Waals surface area contributed by atoms with Gasteiger partial charge >= 0.3 is 0 Å². The monoisotopic (exact) mass is 321 g/mol. The summed E-state index contributed by atoms with van der Waals surface area (Å²) < 4.78 is 5.57. The fraction of sp³-hybridized carbons (Fsp3) is 0.211. The third-order valence-corrected chi connectivity index (χ3v) is 3.85. The Morgan fingerprint density at radius 3 is 2.42 bits per heavy atom. The number of nitrogens with one attached hydrogen (secondary N) is 1. The van der Waals surface area contributed by atoms with E-state index in [-0.39, 0.29) is 18.2 Å². The van der Waals surface area contributed by atoms with Gasteiger partial charge in [-0.3, -0.25) is 4.79 Å². The molecule has 2 aromatic carbocycles. The highest BCUT2D eigenvalue weighted by Crippen LogP contribution is 2.27. The van der Waals surface area contributed by atoms with Gasteiger partial charge in [0.25, 0.3) is 0 Å². The molecule has 0 saturated heterocycles. The summed E-state index contributed by atoms with van der Waals surface area (Å²) in [4.78, 5) is 12.5. The number of carbonyl (C=O) groups is 1. The van der Waals surface area contributed by atoms with Crippen LogP contribution in [0.1, 0.15) is 35.2 Å². The van der Waals surface area contributed by atoms with Gasteiger partial charge in [-0.2, -0.15) is 0 Å². The van der Waals surface area contributed by atoms with Crippen molar-refractivity contribution in [1.29, 1.82) is 0 Å². The lowest BCUT2D eigenvalue weighted by atomic mass is 9.95. The number of anilines is 1. The molecule has 0 fully saturated rings. The van der Waals surface area contributed by atoms with E-state index >= 15 is 0 Å². The van der Waals surface area contributed by atoms with Crippen molar-refractivity contribution < 1.29 is 9.21 Å². The van der Waals surface area contributed by atoms with Crippen LogP contribution < -0.4 is 5.32 Å². The van der Waals surface area contributed by atoms with E-state index in [1.165, 1.54) is 0 Å². The second-order valence-electron chi connectivity index (χ2n) is 5.69. The summed E-state index contributed by atoms with van der Waals surface area (Å²) in [5, 5.41) is 11.0. The van der Waals surface area contributed by atoms with Gasteiger partial charge in [0.2, 0.25) is 17.7 Å². The first kappa shape index (κ1) is 15.9. The summed E-state index contributed by atoms with van der Waals surface area (Å²) in [5.41, 5.74) is 2.81. The highest BCUT2D eigenvalue weighted by molar-refractivity contribution is 5.92. The second-order valence-corrected chi connectivity index (χ2v) is 5.69. The van der Waals surface area contributed by atoms with Crippen LogP contribution in [-0.4, -0.2) is 16.1 Å². The first-order chi connectivity index (χ1) is 11.6. The quantitative estimate of drug-likeness (QED) is 0.775. The number of benzene rings is 2. The molecule has 5 heteroatoms. The van der Waals surface area contributed by atoms with E-state index in [1.807, 2.05) is 61.5 Å². The lowest BCUT2D eigenvalue weighted by molar-refractivity contribution is -0.116. The molecule has 1 heterocycles. The molecule has 0 saturated carbocycles. The van der Waals surface area contributed by atoms with Gasteiger partial charge in [0.15, 0.2) is 0 Å². The minimum Gasteiger partial charge on any atom is -0.425 e. The average Bonchev–Trinajstić information content (AvgIpc) is 3.02. The highest BCUT2D eigenvalue weighted by atomic mass is 16.4. The Hall–Kier alpha value is -2.95. The van der Waals surface area contributed by atoms with Crippen molar-refractivity contribution in [2.45, 2.75) is 26.2 Å². The average molecular weight is 321 g/mol. The van der Waals surface area contributed by atoms with Crippen molar-refractivity contribution in [3.8, 4) is 0 Å². The van der Waals surface area contributed by atoms with Gasteiger partial charge in [-0.1, -0.05) is 48.5 Å². The lowest BCUT2D eigenvalue weighted by Crippen LogP contribution is -2.17. The Balaban J connectivity index is 1.82. The summed E-state index contributed by atoms with van der Waals surface area (Å²) in [6.45, 7) is 3.71. The summed E-state index contributed by atoms with van der Waals surface area (Å²) in [7, 11) is 0. The van der Waals surface area contributed by atoms with E-state index in [0.717, 1.165) is 16.8 Å². The minimum absolute atomic E-state index is 0.0889. The van der Waals surface area contributed by atoms with Gasteiger partial charge in [-0.05, 0) is 24.1 Å². The molecule has 5 nitrogen and oxygen atoms in total. The topological polar surface area (TPSA) is 68.0 Å². The number of para-hydroxylation sites is 1. The predicted molar refractivity (Wildman–Crippen MR) is 91.7 cm³/mol. The molecule has 3 aromatic rings. The van der Waals surface area contributed by atoms with Gasteiger partial charge in [-0.25, -0.2) is 0 Å². The van der Waals surface area contributed by atoms with Crippen LogP contribution in [0.5, 0.6) is 0 Å². The van der Waals surface area contributed by atoms with Gasteiger partial charge in [0.1, 0.15) is 0 Å². The van der Waals surface area contributed by atoms with Crippen LogP contribution in [0.4, 0.5) is 5.69 Å². The number of amides is 1. The fourth-order valence-corrected chi connectivity index (χ4v) is 2.59. The Labute approximate surface area is 140 Å². The van der Waals surface area contributed by atoms with Crippen LogP contribution in [0.3, 0.4) is 0 Å². The van der Waals surface area contributed by atoms with Crippen LogP contribution in [-0.2, 0) is 4.79 Å². The molecule has 1 N–H and O–H groups in total. The number of hydrogen-bond acceptors (Lipinski definition) is 4. The number of aromatic nitrogens is 2. The van der Waals surface area contributed by atoms with Gasteiger partial charge in [-0.15, -0.1) is 10.2 Å². The second kappa shape index (κ2) is 7.08. The van der Waals surface area contributed by atoms with Crippen LogP contribution >= 0.6 is 0 Å². The van der Waals surface area contributed by atoms with E-state index in [4.69, 9.17) is 4.42 Å². The van der Waals surface area contributed by atoms with Gasteiger partial charge < -0.3 is 9.73 Å². The summed E-state index contributed by atoms with van der Waals surface area (Å²) >= 11 is 0. The van der Waals surface area contributed by atoms with Gasteiger partial charge in [0, 0.05) is 19.0 Å². The zero-order valence-electron chi connectivity index (χ0n) is 13.7. The Kier molecular flexibility index (Phi) is 4.70. The molecule has 3 rings (SSSR count). The van der Waals surface area contributed by atoms with Crippen molar-refractivity contribution in [2.75, 3.05) is 5.32 Å². The smallest absolute Gasteiger partial charge is 0.225 e. The maximum Gasteiger partial charge on any atom is 0.225 e. The minimum atomic E-state index is -0.267. The lowest BCUT2D eigenvalue weighted by Gasteiger charge is -2.14. The molecule has 1 atom stereocenters. The maximum atomic E-state index is 12.5. The summed E-state index contributed by atoms with van der Waals surface area (Å²) in [6, 6.07) is 17.4. The van der Waals surface area contributed by atoms with Crippen molar-refractivity contribution in [2.24, 2.45) is 0 Å². The summed E-state index contributed by atoms with van der Waals surface area (Å²) in [6.07, 6.45) is 0.236. The molecule has 0 aliphatic heterocycles. The molecule has 0 aliphatic carbocycles. The molecule has 0 radical (unpaired) electrons. The molecular weight excluding hydrogens is 302 g/mol. The number of carbonyl (C=O) groups excluding carboxylic acids is 1. The van der Waals surface area contributed by atoms with Crippen LogP contribution in [0.2, 0.25) is 0 Å². The molecule has 24 heavy (non-hydrogen) atoms. The molecule has 122 valence electrons. The van der Waals surface area contributed by atoms with Gasteiger partial charge in [0.05, 0.1) is 5.92 Å². The molecular formula is C19H19N3O2. The Bertz CT molecular complexity index is 827. The Morgan fingerprint density at radius 1 is 1.04 bits per heavy atom. The maximum absolute atomic E-state index is 12.5. The van der Waals surface area contributed by atoms with E-state index in [1.54, 1.807) is 6.92 Å². The van der Waals surface area contributed by atoms with Crippen molar-refractivity contribution in [3.63, 3.8) is 0 Å². The number of hydrogen-bond donors (Lipinski definition) is 1. The van der Waals surface area contributed by atoms with E-state index in [2.05, 4.69) is 15.5 Å². The standard InChI is InChI=1S/C19H19N3O2/c1-13-8-6-7-11-17(13)20-18(23)12-16(15-9-4-3-5-10-15)19-22-21-14(2)24-19/h3-11,16H,12H2,1-2H3,(H,20,23). The van der Waals surface area contributed by atoms with E-state index in [9.17, 15) is 4.79 Å². The molecule has 1 amide bonds. The third kappa shape index (κ3) is 3.68.